The van der Waals surface area contributed by atoms with E-state index >= 15 is 0 Å². The van der Waals surface area contributed by atoms with Crippen molar-refractivity contribution >= 4 is 34.6 Å². The normalized spacial score (nSPS) is 19.7. The number of urea groups is 1. The molecule has 2 aromatic rings. The van der Waals surface area contributed by atoms with Crippen LogP contribution in [0.3, 0.4) is 0 Å². The molecule has 2 N–H and O–H groups in total. The summed E-state index contributed by atoms with van der Waals surface area (Å²) in [5.74, 6) is -1.24. The first-order valence-electron chi connectivity index (χ1n) is 10.5. The van der Waals surface area contributed by atoms with Crippen molar-refractivity contribution in [1.29, 1.82) is 0 Å². The van der Waals surface area contributed by atoms with Gasteiger partial charge in [-0.1, -0.05) is 32.0 Å². The summed E-state index contributed by atoms with van der Waals surface area (Å²) in [5.41, 5.74) is 0.933. The van der Waals surface area contributed by atoms with Crippen LogP contribution in [0.5, 0.6) is 0 Å². The summed E-state index contributed by atoms with van der Waals surface area (Å²) in [6, 6.07) is 6.76. The van der Waals surface area contributed by atoms with Crippen LogP contribution >= 0.6 is 0 Å². The molecule has 0 aliphatic carbocycles. The Morgan fingerprint density at radius 3 is 2.52 bits per heavy atom. The van der Waals surface area contributed by atoms with Crippen LogP contribution in [0.15, 0.2) is 24.3 Å². The monoisotopic (exact) mass is 427 g/mol. The number of aryl methyl sites for hydroxylation is 1. The van der Waals surface area contributed by atoms with Gasteiger partial charge in [-0.2, -0.15) is 0 Å². The van der Waals surface area contributed by atoms with Crippen LogP contribution in [-0.2, 0) is 14.3 Å². The van der Waals surface area contributed by atoms with Gasteiger partial charge in [-0.25, -0.2) is 4.79 Å². The molecular weight excluding hydrogens is 398 g/mol. The van der Waals surface area contributed by atoms with Gasteiger partial charge in [-0.15, -0.1) is 0 Å². The summed E-state index contributed by atoms with van der Waals surface area (Å²) in [4.78, 5) is 54.4. The molecule has 0 unspecified atom stereocenters. The number of carbonyl (C=O) groups excluding carboxylic acids is 4. The van der Waals surface area contributed by atoms with Crippen LogP contribution in [0, 0.1) is 12.8 Å². The van der Waals surface area contributed by atoms with E-state index in [1.54, 1.807) is 13.8 Å². The molecule has 0 spiro atoms. The minimum absolute atomic E-state index is 0.345. The molecule has 1 aliphatic rings. The van der Waals surface area contributed by atoms with Gasteiger partial charge >= 0.3 is 12.0 Å². The summed E-state index contributed by atoms with van der Waals surface area (Å²) in [6.07, 6.45) is 0.185. The minimum atomic E-state index is -1.06. The highest BCUT2D eigenvalue weighted by Gasteiger charge is 2.48. The summed E-state index contributed by atoms with van der Waals surface area (Å²) >= 11 is 0. The van der Waals surface area contributed by atoms with Crippen LogP contribution in [0.25, 0.3) is 10.9 Å². The van der Waals surface area contributed by atoms with Crippen molar-refractivity contribution in [2.75, 3.05) is 6.54 Å². The quantitative estimate of drug-likeness (QED) is 0.382. The lowest BCUT2D eigenvalue weighted by atomic mass is 9.92. The second-order valence-corrected chi connectivity index (χ2v) is 8.75. The van der Waals surface area contributed by atoms with Gasteiger partial charge in [0.25, 0.3) is 5.91 Å². The molecule has 1 fully saturated rings. The number of aromatic amines is 1. The predicted molar refractivity (Wildman–Crippen MR) is 116 cm³/mol. The molecule has 3 rings (SSSR count). The molecular formula is C23H29N3O5. The Kier molecular flexibility index (Phi) is 6.20. The Bertz CT molecular complexity index is 1040. The Labute approximate surface area is 181 Å². The number of imide groups is 1. The second-order valence-electron chi connectivity index (χ2n) is 8.75. The number of esters is 1. The van der Waals surface area contributed by atoms with E-state index < -0.39 is 36.1 Å². The lowest BCUT2D eigenvalue weighted by molar-refractivity contribution is -0.149. The number of hydrogen-bond acceptors (Lipinski definition) is 5. The van der Waals surface area contributed by atoms with Gasteiger partial charge in [0.15, 0.2) is 6.10 Å². The lowest BCUT2D eigenvalue weighted by Gasteiger charge is -2.22. The molecule has 31 heavy (non-hydrogen) atoms. The first-order valence-corrected chi connectivity index (χ1v) is 10.5. The van der Waals surface area contributed by atoms with Crippen molar-refractivity contribution in [2.45, 2.75) is 59.1 Å². The van der Waals surface area contributed by atoms with Gasteiger partial charge in [-0.3, -0.25) is 19.3 Å². The number of benzene rings is 1. The summed E-state index contributed by atoms with van der Waals surface area (Å²) in [5, 5.41) is 3.43. The van der Waals surface area contributed by atoms with Crippen molar-refractivity contribution in [3.63, 3.8) is 0 Å². The molecule has 1 aromatic carbocycles. The van der Waals surface area contributed by atoms with Crippen LogP contribution in [-0.4, -0.2) is 51.8 Å². The maximum atomic E-state index is 12.9. The number of ketones is 1. The van der Waals surface area contributed by atoms with Crippen molar-refractivity contribution in [1.82, 2.24) is 15.2 Å². The molecule has 1 saturated heterocycles. The first-order chi connectivity index (χ1) is 14.5. The number of carbonyl (C=O) groups is 4. The Morgan fingerprint density at radius 2 is 1.84 bits per heavy atom. The van der Waals surface area contributed by atoms with E-state index in [-0.39, 0.29) is 5.78 Å². The smallest absolute Gasteiger partial charge is 0.326 e. The number of ether oxygens (including phenoxy) is 1. The molecule has 8 heteroatoms. The average molecular weight is 428 g/mol. The maximum absolute atomic E-state index is 12.9. The largest absolute Gasteiger partial charge is 0.453 e. The molecule has 2 heterocycles. The fraction of sp³-hybridized carbons (Fsp3) is 0.478. The predicted octanol–water partition coefficient (Wildman–Crippen LogP) is 3.34. The summed E-state index contributed by atoms with van der Waals surface area (Å²) < 4.78 is 5.29. The van der Waals surface area contributed by atoms with E-state index in [9.17, 15) is 19.2 Å². The fourth-order valence-corrected chi connectivity index (χ4v) is 3.85. The molecule has 166 valence electrons. The van der Waals surface area contributed by atoms with E-state index in [0.717, 1.165) is 22.2 Å². The summed E-state index contributed by atoms with van der Waals surface area (Å²) in [6.45, 7) is 8.47. The number of para-hydroxylation sites is 1. The standard InChI is InChI=1S/C23H29N3O5/c1-13(2)10-11-23(5)21(29)26(22(30)25-23)12-18(27)31-15(4)20(28)19-14(3)24-17-9-7-6-8-16(17)19/h6-9,13,15,24H,10-12H2,1-5H3,(H,25,30)/t15-,23+/m0/s1. The zero-order chi connectivity index (χ0) is 22.9. The van der Waals surface area contributed by atoms with Gasteiger partial charge < -0.3 is 15.0 Å². The van der Waals surface area contributed by atoms with Gasteiger partial charge in [0, 0.05) is 22.2 Å². The topological polar surface area (TPSA) is 109 Å². The van der Waals surface area contributed by atoms with Gasteiger partial charge in [-0.05, 0) is 45.6 Å². The van der Waals surface area contributed by atoms with Gasteiger partial charge in [0.1, 0.15) is 12.1 Å². The Balaban J connectivity index is 1.66. The van der Waals surface area contributed by atoms with Gasteiger partial charge in [0.05, 0.1) is 0 Å². The van der Waals surface area contributed by atoms with Crippen molar-refractivity contribution in [3.05, 3.63) is 35.5 Å². The van der Waals surface area contributed by atoms with Gasteiger partial charge in [0.2, 0.25) is 5.78 Å². The molecule has 8 nitrogen and oxygen atoms in total. The van der Waals surface area contributed by atoms with Crippen LogP contribution in [0.2, 0.25) is 0 Å². The van der Waals surface area contributed by atoms with Crippen molar-refractivity contribution in [2.24, 2.45) is 5.92 Å². The summed E-state index contributed by atoms with van der Waals surface area (Å²) in [7, 11) is 0. The minimum Gasteiger partial charge on any atom is -0.453 e. The Morgan fingerprint density at radius 1 is 1.16 bits per heavy atom. The number of hydrogen-bond donors (Lipinski definition) is 2. The van der Waals surface area contributed by atoms with E-state index in [4.69, 9.17) is 4.74 Å². The van der Waals surface area contributed by atoms with Crippen LogP contribution < -0.4 is 5.32 Å². The third kappa shape index (κ3) is 4.47. The number of amides is 3. The Hall–Kier alpha value is -3.16. The highest BCUT2D eigenvalue weighted by atomic mass is 16.5. The number of nitrogens with zero attached hydrogens (tertiary/aromatic N) is 1. The highest BCUT2D eigenvalue weighted by Crippen LogP contribution is 2.26. The average Bonchev–Trinajstić information content (AvgIpc) is 3.14. The third-order valence-corrected chi connectivity index (χ3v) is 5.67. The zero-order valence-electron chi connectivity index (χ0n) is 18.6. The highest BCUT2D eigenvalue weighted by molar-refractivity contribution is 6.12. The molecule has 3 amide bonds. The molecule has 2 atom stereocenters. The van der Waals surface area contributed by atoms with Crippen molar-refractivity contribution in [3.8, 4) is 0 Å². The second kappa shape index (κ2) is 8.53. The van der Waals surface area contributed by atoms with E-state index in [0.29, 0.717) is 23.6 Å². The molecule has 0 bridgehead atoms. The number of Topliss-reactive ketones (excluding diaryl/α,β-unsaturated/α-hetero) is 1. The number of nitrogens with one attached hydrogen (secondary N) is 2. The molecule has 0 saturated carbocycles. The zero-order valence-corrected chi connectivity index (χ0v) is 18.6. The number of fused-ring (bicyclic) bond motifs is 1. The number of rotatable bonds is 8. The molecule has 1 aliphatic heterocycles. The number of aromatic nitrogens is 1. The maximum Gasteiger partial charge on any atom is 0.326 e. The lowest BCUT2D eigenvalue weighted by Crippen LogP contribution is -2.44. The number of H-pyrrole nitrogens is 1. The van der Waals surface area contributed by atoms with E-state index in [1.807, 2.05) is 38.1 Å². The first kappa shape index (κ1) is 22.5. The third-order valence-electron chi connectivity index (χ3n) is 5.67. The fourth-order valence-electron chi connectivity index (χ4n) is 3.85. The molecule has 0 radical (unpaired) electrons. The SMILES string of the molecule is Cc1[nH]c2ccccc2c1C(=O)[C@H](C)OC(=O)CN1C(=O)N[C@](C)(CCC(C)C)C1=O. The van der Waals surface area contributed by atoms with E-state index in [2.05, 4.69) is 10.3 Å². The van der Waals surface area contributed by atoms with Crippen LogP contribution in [0.4, 0.5) is 4.79 Å². The van der Waals surface area contributed by atoms with E-state index in [1.165, 1.54) is 6.92 Å². The van der Waals surface area contributed by atoms with Crippen LogP contribution in [0.1, 0.15) is 56.6 Å². The molecule has 1 aromatic heterocycles. The van der Waals surface area contributed by atoms with Crippen molar-refractivity contribution < 1.29 is 23.9 Å².